The minimum absolute atomic E-state index is 0.108. The molecule has 4 bridgehead atoms. The van der Waals surface area contributed by atoms with Crippen LogP contribution in [0.1, 0.15) is 120 Å². The van der Waals surface area contributed by atoms with Crippen molar-refractivity contribution in [1.29, 1.82) is 0 Å². The van der Waals surface area contributed by atoms with Gasteiger partial charge >= 0.3 is 0 Å². The fourth-order valence-electron chi connectivity index (χ4n) is 11.5. The molecule has 6 aliphatic rings. The predicted molar refractivity (Wildman–Crippen MR) is 242 cm³/mol. The topological polar surface area (TPSA) is 15.7 Å². The molecule has 57 heavy (non-hydrogen) atoms. The van der Waals surface area contributed by atoms with Gasteiger partial charge in [-0.1, -0.05) is 121 Å². The molecular weight excluding hydrogens is 732 g/mol. The van der Waals surface area contributed by atoms with Crippen molar-refractivity contribution in [3.8, 4) is 11.5 Å². The number of benzene rings is 5. The third-order valence-corrected chi connectivity index (χ3v) is 17.5. The highest BCUT2D eigenvalue weighted by Crippen LogP contribution is 2.60. The third-order valence-electron chi connectivity index (χ3n) is 14.7. The Morgan fingerprint density at radius 1 is 0.632 bits per heavy atom. The second kappa shape index (κ2) is 11.9. The fraction of sp³-hybridized carbons (Fsp3) is 0.333. The Hall–Kier alpha value is -4.39. The Kier molecular flexibility index (Phi) is 7.20. The molecular formula is C51H49BN2OS2. The van der Waals surface area contributed by atoms with E-state index in [4.69, 9.17) is 4.74 Å². The molecule has 5 aromatic carbocycles. The van der Waals surface area contributed by atoms with Crippen LogP contribution in [0.15, 0.2) is 106 Å². The van der Waals surface area contributed by atoms with E-state index in [0.717, 1.165) is 34.2 Å². The van der Waals surface area contributed by atoms with Gasteiger partial charge < -0.3 is 14.5 Å². The molecule has 3 nitrogen and oxygen atoms in total. The molecule has 2 aliphatic carbocycles. The lowest BCUT2D eigenvalue weighted by Gasteiger charge is -2.45. The number of fused-ring (bicyclic) bond motifs is 8. The van der Waals surface area contributed by atoms with E-state index in [9.17, 15) is 0 Å². The monoisotopic (exact) mass is 780 g/mol. The highest BCUT2D eigenvalue weighted by atomic mass is 32.2. The molecule has 0 atom stereocenters. The second-order valence-corrected chi connectivity index (χ2v) is 21.7. The quantitative estimate of drug-likeness (QED) is 0.162. The lowest BCUT2D eigenvalue weighted by molar-refractivity contribution is 0.340. The summed E-state index contributed by atoms with van der Waals surface area (Å²) in [6.07, 6.45) is 8.99. The highest BCUT2D eigenvalue weighted by molar-refractivity contribution is 8.02. The van der Waals surface area contributed by atoms with Gasteiger partial charge in [-0.25, -0.2) is 0 Å². The molecule has 6 heteroatoms. The average molecular weight is 781 g/mol. The number of ether oxygens (including phenoxy) is 1. The van der Waals surface area contributed by atoms with Crippen molar-refractivity contribution < 1.29 is 4.74 Å². The molecule has 0 amide bonds. The van der Waals surface area contributed by atoms with Gasteiger partial charge in [0.05, 0.1) is 15.6 Å². The van der Waals surface area contributed by atoms with E-state index in [1.165, 1.54) is 93.0 Å². The van der Waals surface area contributed by atoms with Gasteiger partial charge in [0, 0.05) is 49.1 Å². The van der Waals surface area contributed by atoms with Crippen molar-refractivity contribution in [3.63, 3.8) is 0 Å². The summed E-state index contributed by atoms with van der Waals surface area (Å²) in [6.45, 7) is 14.9. The first-order valence-electron chi connectivity index (χ1n) is 21.3. The van der Waals surface area contributed by atoms with Crippen LogP contribution in [-0.2, 0) is 16.2 Å². The van der Waals surface area contributed by atoms with Crippen molar-refractivity contribution in [1.82, 2.24) is 0 Å². The van der Waals surface area contributed by atoms with Crippen LogP contribution in [0.5, 0.6) is 11.5 Å². The lowest BCUT2D eigenvalue weighted by Crippen LogP contribution is -2.61. The van der Waals surface area contributed by atoms with E-state index in [0.29, 0.717) is 5.92 Å². The maximum Gasteiger partial charge on any atom is 0.251 e. The second-order valence-electron chi connectivity index (χ2n) is 19.4. The van der Waals surface area contributed by atoms with Gasteiger partial charge in [-0.15, -0.1) is 11.3 Å². The maximum atomic E-state index is 7.43. The van der Waals surface area contributed by atoms with E-state index < -0.39 is 0 Å². The molecule has 0 radical (unpaired) electrons. The maximum absolute atomic E-state index is 7.43. The minimum Gasteiger partial charge on any atom is -0.452 e. The van der Waals surface area contributed by atoms with Crippen LogP contribution < -0.4 is 30.9 Å². The van der Waals surface area contributed by atoms with Crippen LogP contribution >= 0.6 is 23.1 Å². The molecule has 6 aromatic rings. The number of rotatable bonds is 2. The van der Waals surface area contributed by atoms with E-state index in [2.05, 4.69) is 172 Å². The van der Waals surface area contributed by atoms with Crippen LogP contribution in [0.3, 0.4) is 0 Å². The smallest absolute Gasteiger partial charge is 0.251 e. The summed E-state index contributed by atoms with van der Waals surface area (Å²) in [5, 5.41) is 0. The summed E-state index contributed by atoms with van der Waals surface area (Å²) < 4.78 is 8.95. The third kappa shape index (κ3) is 4.75. The summed E-state index contributed by atoms with van der Waals surface area (Å²) in [4.78, 5) is 8.14. The van der Waals surface area contributed by atoms with Crippen LogP contribution in [0.4, 0.5) is 34.1 Å². The van der Waals surface area contributed by atoms with E-state index >= 15 is 0 Å². The van der Waals surface area contributed by atoms with E-state index in [1.807, 2.05) is 0 Å². The molecule has 1 aromatic heterocycles. The summed E-state index contributed by atoms with van der Waals surface area (Å²) >= 11 is 4.19. The van der Waals surface area contributed by atoms with Crippen molar-refractivity contribution >= 4 is 80.3 Å². The van der Waals surface area contributed by atoms with Gasteiger partial charge in [0.2, 0.25) is 0 Å². The SMILES string of the molecule is CC1(C)CCC(C)(C)c2c1sc1c2B2c3ccc4cc3N(c3cccc5c3Oc3c(cccc3C5(C)C)N4c3ccccc3)c3cc(C4CCCCC4)cc(c32)S1. The Bertz CT molecular complexity index is 2690. The number of hydrogen-bond acceptors (Lipinski definition) is 5. The first-order chi connectivity index (χ1) is 27.5. The summed E-state index contributed by atoms with van der Waals surface area (Å²) in [7, 11) is 0. The van der Waals surface area contributed by atoms with Gasteiger partial charge in [0.25, 0.3) is 6.71 Å². The van der Waals surface area contributed by atoms with Gasteiger partial charge in [-0.2, -0.15) is 0 Å². The van der Waals surface area contributed by atoms with Crippen molar-refractivity contribution in [2.24, 2.45) is 0 Å². The number of hydrogen-bond donors (Lipinski definition) is 0. The van der Waals surface area contributed by atoms with Crippen molar-refractivity contribution in [2.45, 2.75) is 118 Å². The Balaban J connectivity index is 1.21. The molecule has 0 spiro atoms. The van der Waals surface area contributed by atoms with Crippen LogP contribution in [0.25, 0.3) is 0 Å². The zero-order valence-corrected chi connectivity index (χ0v) is 35.6. The van der Waals surface area contributed by atoms with Gasteiger partial charge in [-0.05, 0) is 118 Å². The highest BCUT2D eigenvalue weighted by Gasteiger charge is 2.50. The van der Waals surface area contributed by atoms with Crippen LogP contribution in [0.2, 0.25) is 0 Å². The molecule has 4 aliphatic heterocycles. The van der Waals surface area contributed by atoms with E-state index in [1.54, 1.807) is 15.9 Å². The molecule has 5 heterocycles. The first-order valence-corrected chi connectivity index (χ1v) is 22.9. The predicted octanol–water partition coefficient (Wildman–Crippen LogP) is 13.1. The molecule has 1 fully saturated rings. The summed E-state index contributed by atoms with van der Waals surface area (Å²) in [5.41, 5.74) is 17.2. The van der Waals surface area contributed by atoms with Crippen molar-refractivity contribution in [3.05, 3.63) is 124 Å². The number of anilines is 6. The van der Waals surface area contributed by atoms with Crippen molar-refractivity contribution in [2.75, 3.05) is 9.80 Å². The fourth-order valence-corrected chi connectivity index (χ4v) is 14.7. The lowest BCUT2D eigenvalue weighted by atomic mass is 9.33. The van der Waals surface area contributed by atoms with Crippen LogP contribution in [-0.4, -0.2) is 6.71 Å². The van der Waals surface area contributed by atoms with Gasteiger partial charge in [-0.3, -0.25) is 0 Å². The largest absolute Gasteiger partial charge is 0.452 e. The number of nitrogens with zero attached hydrogens (tertiary/aromatic N) is 2. The normalized spacial score (nSPS) is 19.9. The Labute approximate surface area is 346 Å². The van der Waals surface area contributed by atoms with Gasteiger partial charge in [0.1, 0.15) is 0 Å². The minimum atomic E-state index is -0.270. The zero-order chi connectivity index (χ0) is 38.6. The molecule has 0 saturated heterocycles. The molecule has 12 rings (SSSR count). The number of thiophene rings is 1. The molecule has 0 N–H and O–H groups in total. The first kappa shape index (κ1) is 34.6. The Morgan fingerprint density at radius 2 is 1.33 bits per heavy atom. The molecule has 284 valence electrons. The molecule has 0 unspecified atom stereocenters. The summed E-state index contributed by atoms with van der Waals surface area (Å²) in [5.74, 6) is 2.51. The van der Waals surface area contributed by atoms with E-state index in [-0.39, 0.29) is 23.0 Å². The number of para-hydroxylation sites is 3. The molecule has 1 saturated carbocycles. The Morgan fingerprint density at radius 3 is 2.07 bits per heavy atom. The van der Waals surface area contributed by atoms with Crippen LogP contribution in [0, 0.1) is 0 Å². The standard InChI is InChI=1S/C51H49BN2OS2/c1-49(2)25-26-50(3,4)47-42(49)44-48(57-47)56-41-28-31(30-15-9-7-10-16-30)27-40-43(41)52(44)36-24-23-33-29-39(36)54(40)38-22-14-20-35-46(38)55-45-34(51(35,5)6)19-13-21-37(45)53(33)32-17-11-8-12-18-32/h8,11-14,17-24,27-30H,7,9-10,15-16,25-26H2,1-6H3. The average Bonchev–Trinajstić information content (AvgIpc) is 3.63. The summed E-state index contributed by atoms with van der Waals surface area (Å²) in [6, 6.07) is 37.2. The van der Waals surface area contributed by atoms with Gasteiger partial charge in [0.15, 0.2) is 11.5 Å². The zero-order valence-electron chi connectivity index (χ0n) is 34.0.